The molecule has 4 nitrogen and oxygen atoms in total. The third-order valence-electron chi connectivity index (χ3n) is 4.73. The molecular formula is C22H31BrCl4N2O2. The number of nitrogens with zero attached hydrogens (tertiary/aromatic N) is 1. The summed E-state index contributed by atoms with van der Waals surface area (Å²) in [6.45, 7) is 9.80. The maximum atomic E-state index is 6.24. The van der Waals surface area contributed by atoms with Crippen molar-refractivity contribution in [1.82, 2.24) is 10.2 Å². The molecule has 0 unspecified atom stereocenters. The highest BCUT2D eigenvalue weighted by atomic mass is 79.9. The van der Waals surface area contributed by atoms with Crippen molar-refractivity contribution in [1.29, 1.82) is 0 Å². The third-order valence-corrected chi connectivity index (χ3v) is 5.90. The fourth-order valence-corrected chi connectivity index (χ4v) is 4.07. The second-order valence-electron chi connectivity index (χ2n) is 6.69. The van der Waals surface area contributed by atoms with Gasteiger partial charge in [-0.2, -0.15) is 0 Å². The van der Waals surface area contributed by atoms with E-state index in [1.165, 1.54) is 0 Å². The number of rotatable bonds is 12. The average Bonchev–Trinajstić information content (AvgIpc) is 2.70. The van der Waals surface area contributed by atoms with Crippen molar-refractivity contribution in [2.75, 3.05) is 33.3 Å². The lowest BCUT2D eigenvalue weighted by molar-refractivity contribution is 0.282. The molecule has 0 aliphatic heterocycles. The first-order valence-corrected chi connectivity index (χ1v) is 11.4. The predicted octanol–water partition coefficient (Wildman–Crippen LogP) is 7.01. The minimum absolute atomic E-state index is 0. The van der Waals surface area contributed by atoms with Gasteiger partial charge < -0.3 is 19.7 Å². The Morgan fingerprint density at radius 3 is 2.39 bits per heavy atom. The largest absolute Gasteiger partial charge is 0.493 e. The number of ether oxygens (including phenoxy) is 2. The molecule has 1 N–H and O–H groups in total. The zero-order valence-corrected chi connectivity index (χ0v) is 22.8. The van der Waals surface area contributed by atoms with E-state index >= 15 is 0 Å². The molecule has 2 aromatic carbocycles. The molecule has 0 aliphatic carbocycles. The van der Waals surface area contributed by atoms with Crippen molar-refractivity contribution in [2.24, 2.45) is 0 Å². The predicted molar refractivity (Wildman–Crippen MR) is 140 cm³/mol. The zero-order valence-electron chi connectivity index (χ0n) is 18.1. The Bertz CT molecular complexity index is 792. The second-order valence-corrected chi connectivity index (χ2v) is 8.39. The maximum Gasteiger partial charge on any atom is 0.175 e. The standard InChI is InChI=1S/C22H29BrCl2N2O2.2ClH/c1-4-27(5-2)10-6-9-26-14-16-11-19(23)22(21(12-16)28-3)29-15-17-7-8-18(24)13-20(17)25;;/h7-8,11-13,26H,4-6,9-10,14-15H2,1-3H3;2*1H. The van der Waals surface area contributed by atoms with Crippen LogP contribution in [0.2, 0.25) is 10.0 Å². The van der Waals surface area contributed by atoms with E-state index in [1.54, 1.807) is 19.2 Å². The van der Waals surface area contributed by atoms with E-state index in [4.69, 9.17) is 32.7 Å². The van der Waals surface area contributed by atoms with Crippen LogP contribution < -0.4 is 14.8 Å². The Hall–Kier alpha value is -0.400. The lowest BCUT2D eigenvalue weighted by atomic mass is 10.2. The van der Waals surface area contributed by atoms with Crippen LogP contribution in [0.3, 0.4) is 0 Å². The van der Waals surface area contributed by atoms with Crippen LogP contribution in [0.1, 0.15) is 31.4 Å². The van der Waals surface area contributed by atoms with Crippen LogP contribution in [-0.4, -0.2) is 38.2 Å². The summed E-state index contributed by atoms with van der Waals surface area (Å²) in [5.74, 6) is 1.34. The maximum absolute atomic E-state index is 6.24. The Labute approximate surface area is 216 Å². The molecule has 2 rings (SSSR count). The summed E-state index contributed by atoms with van der Waals surface area (Å²) in [4.78, 5) is 2.43. The molecule has 0 fully saturated rings. The lowest BCUT2D eigenvalue weighted by Crippen LogP contribution is -2.27. The molecule has 0 spiro atoms. The topological polar surface area (TPSA) is 33.7 Å². The molecule has 0 amide bonds. The van der Waals surface area contributed by atoms with Gasteiger partial charge >= 0.3 is 0 Å². The number of hydrogen-bond acceptors (Lipinski definition) is 4. The van der Waals surface area contributed by atoms with Gasteiger partial charge in [0, 0.05) is 22.2 Å². The second kappa shape index (κ2) is 16.2. The number of halogens is 5. The lowest BCUT2D eigenvalue weighted by Gasteiger charge is -2.18. The van der Waals surface area contributed by atoms with Crippen LogP contribution in [0.25, 0.3) is 0 Å². The highest BCUT2D eigenvalue weighted by Gasteiger charge is 2.13. The van der Waals surface area contributed by atoms with Crippen LogP contribution in [0, 0.1) is 0 Å². The summed E-state index contributed by atoms with van der Waals surface area (Å²) in [5, 5.41) is 4.68. The van der Waals surface area contributed by atoms with Gasteiger partial charge in [-0.05, 0) is 78.4 Å². The molecule has 0 atom stereocenters. The van der Waals surface area contributed by atoms with Crippen molar-refractivity contribution in [3.63, 3.8) is 0 Å². The van der Waals surface area contributed by atoms with Crippen LogP contribution in [0.15, 0.2) is 34.8 Å². The molecule has 0 saturated carbocycles. The number of benzene rings is 2. The Morgan fingerprint density at radius 1 is 1.06 bits per heavy atom. The van der Waals surface area contributed by atoms with E-state index < -0.39 is 0 Å². The number of methoxy groups -OCH3 is 1. The summed E-state index contributed by atoms with van der Waals surface area (Å²) >= 11 is 15.8. The van der Waals surface area contributed by atoms with Gasteiger partial charge in [0.2, 0.25) is 0 Å². The summed E-state index contributed by atoms with van der Waals surface area (Å²) < 4.78 is 12.4. The molecule has 31 heavy (non-hydrogen) atoms. The van der Waals surface area contributed by atoms with Gasteiger partial charge in [0.05, 0.1) is 11.6 Å². The third kappa shape index (κ3) is 9.95. The molecule has 9 heteroatoms. The summed E-state index contributed by atoms with van der Waals surface area (Å²) in [7, 11) is 1.64. The summed E-state index contributed by atoms with van der Waals surface area (Å²) in [6.07, 6.45) is 1.13. The van der Waals surface area contributed by atoms with Gasteiger partial charge in [-0.15, -0.1) is 24.8 Å². The minimum Gasteiger partial charge on any atom is -0.493 e. The van der Waals surface area contributed by atoms with Gasteiger partial charge in [0.15, 0.2) is 11.5 Å². The first-order chi connectivity index (χ1) is 14.0. The van der Waals surface area contributed by atoms with Gasteiger partial charge in [-0.25, -0.2) is 0 Å². The molecular weight excluding hydrogens is 546 g/mol. The SMILES string of the molecule is CCN(CC)CCCNCc1cc(Br)c(OCc2ccc(Cl)cc2Cl)c(OC)c1.Cl.Cl. The molecule has 0 aliphatic rings. The summed E-state index contributed by atoms with van der Waals surface area (Å²) in [6, 6.07) is 9.43. The van der Waals surface area contributed by atoms with E-state index in [2.05, 4.69) is 46.1 Å². The Morgan fingerprint density at radius 2 is 1.77 bits per heavy atom. The molecule has 0 bridgehead atoms. The highest BCUT2D eigenvalue weighted by molar-refractivity contribution is 9.10. The van der Waals surface area contributed by atoms with Crippen LogP contribution >= 0.6 is 63.9 Å². The molecule has 0 heterocycles. The Balaban J connectivity index is 0.00000450. The molecule has 176 valence electrons. The smallest absolute Gasteiger partial charge is 0.175 e. The normalized spacial score (nSPS) is 10.4. The van der Waals surface area contributed by atoms with Crippen molar-refractivity contribution in [3.05, 3.63) is 56.0 Å². The molecule has 0 radical (unpaired) electrons. The van der Waals surface area contributed by atoms with Gasteiger partial charge in [0.25, 0.3) is 0 Å². The van der Waals surface area contributed by atoms with E-state index in [-0.39, 0.29) is 24.8 Å². The Kier molecular flexibility index (Phi) is 16.0. The molecule has 0 saturated heterocycles. The van der Waals surface area contributed by atoms with E-state index in [1.807, 2.05) is 12.1 Å². The van der Waals surface area contributed by atoms with Crippen molar-refractivity contribution >= 4 is 63.9 Å². The van der Waals surface area contributed by atoms with E-state index in [9.17, 15) is 0 Å². The van der Waals surface area contributed by atoms with E-state index in [0.29, 0.717) is 28.2 Å². The monoisotopic (exact) mass is 574 g/mol. The zero-order chi connectivity index (χ0) is 21.2. The van der Waals surface area contributed by atoms with Crippen LogP contribution in [0.4, 0.5) is 0 Å². The fourth-order valence-electron chi connectivity index (χ4n) is 3.00. The fraction of sp³-hybridized carbons (Fsp3) is 0.455. The quantitative estimate of drug-likeness (QED) is 0.276. The van der Waals surface area contributed by atoms with Crippen LogP contribution in [0.5, 0.6) is 11.5 Å². The van der Waals surface area contributed by atoms with Crippen molar-refractivity contribution in [3.8, 4) is 11.5 Å². The highest BCUT2D eigenvalue weighted by Crippen LogP contribution is 2.37. The van der Waals surface area contributed by atoms with Gasteiger partial charge in [0.1, 0.15) is 6.61 Å². The van der Waals surface area contributed by atoms with Gasteiger partial charge in [-0.1, -0.05) is 43.1 Å². The first kappa shape index (κ1) is 30.6. The van der Waals surface area contributed by atoms with Crippen molar-refractivity contribution in [2.45, 2.75) is 33.4 Å². The number of hydrogen-bond donors (Lipinski definition) is 1. The molecule has 0 aromatic heterocycles. The van der Waals surface area contributed by atoms with Crippen LogP contribution in [-0.2, 0) is 13.2 Å². The molecule has 2 aromatic rings. The number of nitrogens with one attached hydrogen (secondary N) is 1. The minimum atomic E-state index is 0. The van der Waals surface area contributed by atoms with E-state index in [0.717, 1.165) is 54.7 Å². The first-order valence-electron chi connectivity index (χ1n) is 9.84. The average molecular weight is 577 g/mol. The summed E-state index contributed by atoms with van der Waals surface area (Å²) in [5.41, 5.74) is 2.00. The van der Waals surface area contributed by atoms with Crippen molar-refractivity contribution < 1.29 is 9.47 Å². The van der Waals surface area contributed by atoms with Gasteiger partial charge in [-0.3, -0.25) is 0 Å².